The van der Waals surface area contributed by atoms with Crippen molar-refractivity contribution in [3.8, 4) is 11.3 Å². The summed E-state index contributed by atoms with van der Waals surface area (Å²) >= 11 is 1.38. The molecule has 0 aliphatic rings. The molecule has 4 aromatic heterocycles. The maximum Gasteiger partial charge on any atom is 0.180 e. The number of fused-ring (bicyclic) bond motifs is 1. The van der Waals surface area contributed by atoms with Gasteiger partial charge < -0.3 is 15.0 Å². The van der Waals surface area contributed by atoms with Gasteiger partial charge in [0, 0.05) is 24.5 Å². The molecule has 0 spiro atoms. The van der Waals surface area contributed by atoms with Gasteiger partial charge in [0.1, 0.15) is 5.00 Å². The zero-order valence-electron chi connectivity index (χ0n) is 16.0. The summed E-state index contributed by atoms with van der Waals surface area (Å²) in [6.45, 7) is 4.02. The Morgan fingerprint density at radius 3 is 3.00 bits per heavy atom. The van der Waals surface area contributed by atoms with Gasteiger partial charge >= 0.3 is 0 Å². The van der Waals surface area contributed by atoms with Crippen molar-refractivity contribution in [1.29, 1.82) is 0 Å². The van der Waals surface area contributed by atoms with E-state index in [9.17, 15) is 0 Å². The third kappa shape index (κ3) is 4.03. The van der Waals surface area contributed by atoms with E-state index in [1.165, 1.54) is 11.5 Å². The molecule has 0 fully saturated rings. The van der Waals surface area contributed by atoms with Crippen LogP contribution in [0.4, 0.5) is 10.8 Å². The van der Waals surface area contributed by atoms with Crippen LogP contribution in [-0.2, 0) is 11.3 Å². The number of aromatic amines is 1. The smallest absolute Gasteiger partial charge is 0.180 e. The predicted octanol–water partition coefficient (Wildman–Crippen LogP) is 2.71. The highest BCUT2D eigenvalue weighted by atomic mass is 32.1. The van der Waals surface area contributed by atoms with Crippen molar-refractivity contribution in [2.24, 2.45) is 0 Å². The lowest BCUT2D eigenvalue weighted by Gasteiger charge is -2.08. The molecule has 0 aromatic carbocycles. The van der Waals surface area contributed by atoms with Crippen molar-refractivity contribution in [3.63, 3.8) is 0 Å². The van der Waals surface area contributed by atoms with E-state index in [0.717, 1.165) is 39.8 Å². The first kappa shape index (κ1) is 18.5. The second-order valence-electron chi connectivity index (χ2n) is 6.72. The molecule has 9 nitrogen and oxygen atoms in total. The van der Waals surface area contributed by atoms with Gasteiger partial charge in [-0.2, -0.15) is 9.47 Å². The molecule has 0 saturated carbocycles. The highest BCUT2D eigenvalue weighted by molar-refractivity contribution is 7.10. The molecule has 4 heterocycles. The number of H-pyrrole nitrogens is 1. The standard InChI is InChI=1S/C18H22N8OS/c1-12-10-26-15(13-7-20-21-8-13)9-19-18(26)17(22-12)23-16-6-14(24-28-16)11-27-5-4-25(2)3/h6-10H,4-5,11H2,1-3H3,(H,20,21)(H,22,23). The lowest BCUT2D eigenvalue weighted by molar-refractivity contribution is 0.103. The molecule has 0 unspecified atom stereocenters. The Labute approximate surface area is 166 Å². The number of nitrogens with zero attached hydrogens (tertiary/aromatic N) is 6. The number of likely N-dealkylation sites (N-methyl/N-ethyl adjacent to an activating group) is 1. The van der Waals surface area contributed by atoms with Gasteiger partial charge in [0.25, 0.3) is 0 Å². The first-order valence-corrected chi connectivity index (χ1v) is 9.66. The number of imidazole rings is 1. The van der Waals surface area contributed by atoms with Gasteiger partial charge in [-0.25, -0.2) is 9.97 Å². The predicted molar refractivity (Wildman–Crippen MR) is 109 cm³/mol. The molecule has 10 heteroatoms. The molecule has 2 N–H and O–H groups in total. The largest absolute Gasteiger partial charge is 0.374 e. The molecule has 0 bridgehead atoms. The SMILES string of the molecule is Cc1cn2c(-c3cn[nH]c3)cnc2c(Nc2cc(COCCN(C)C)ns2)n1. The van der Waals surface area contributed by atoms with E-state index in [-0.39, 0.29) is 0 Å². The molecule has 0 amide bonds. The zero-order valence-corrected chi connectivity index (χ0v) is 16.8. The molecular weight excluding hydrogens is 376 g/mol. The number of hydrogen-bond acceptors (Lipinski definition) is 8. The first-order chi connectivity index (χ1) is 13.6. The number of aryl methyl sites for hydroxylation is 1. The minimum atomic E-state index is 0.497. The zero-order chi connectivity index (χ0) is 19.5. The molecule has 28 heavy (non-hydrogen) atoms. The Hall–Kier alpha value is -2.82. The molecule has 4 rings (SSSR count). The van der Waals surface area contributed by atoms with Gasteiger partial charge in [-0.3, -0.25) is 9.50 Å². The highest BCUT2D eigenvalue weighted by Crippen LogP contribution is 2.27. The van der Waals surface area contributed by atoms with E-state index >= 15 is 0 Å². The summed E-state index contributed by atoms with van der Waals surface area (Å²) in [6, 6.07) is 1.99. The molecule has 0 saturated heterocycles. The monoisotopic (exact) mass is 398 g/mol. The van der Waals surface area contributed by atoms with Crippen LogP contribution >= 0.6 is 11.5 Å². The third-order valence-corrected chi connectivity index (χ3v) is 4.88. The van der Waals surface area contributed by atoms with Gasteiger partial charge in [-0.1, -0.05) is 0 Å². The van der Waals surface area contributed by atoms with E-state index < -0.39 is 0 Å². The molecule has 0 aliphatic heterocycles. The van der Waals surface area contributed by atoms with Crippen LogP contribution in [0.15, 0.2) is 30.9 Å². The van der Waals surface area contributed by atoms with Crippen molar-refractivity contribution in [2.45, 2.75) is 13.5 Å². The van der Waals surface area contributed by atoms with Crippen LogP contribution < -0.4 is 5.32 Å². The Morgan fingerprint density at radius 2 is 2.21 bits per heavy atom. The van der Waals surface area contributed by atoms with Crippen molar-refractivity contribution in [1.82, 2.24) is 33.8 Å². The number of aromatic nitrogens is 6. The topological polar surface area (TPSA) is 96.3 Å². The highest BCUT2D eigenvalue weighted by Gasteiger charge is 2.13. The number of hydrogen-bond donors (Lipinski definition) is 2. The Balaban J connectivity index is 1.52. The Morgan fingerprint density at radius 1 is 1.32 bits per heavy atom. The minimum Gasteiger partial charge on any atom is -0.374 e. The summed E-state index contributed by atoms with van der Waals surface area (Å²) in [4.78, 5) is 11.3. The van der Waals surface area contributed by atoms with Gasteiger partial charge in [0.15, 0.2) is 11.5 Å². The third-order valence-electron chi connectivity index (χ3n) is 4.14. The average molecular weight is 398 g/mol. The van der Waals surface area contributed by atoms with Crippen molar-refractivity contribution in [2.75, 3.05) is 32.6 Å². The van der Waals surface area contributed by atoms with Crippen molar-refractivity contribution < 1.29 is 4.74 Å². The fraction of sp³-hybridized carbons (Fsp3) is 0.333. The summed E-state index contributed by atoms with van der Waals surface area (Å²) in [5.74, 6) is 0.693. The second-order valence-corrected chi connectivity index (χ2v) is 7.52. The summed E-state index contributed by atoms with van der Waals surface area (Å²) in [6.07, 6.45) is 7.41. The molecule has 0 aliphatic carbocycles. The number of ether oxygens (including phenoxy) is 1. The summed E-state index contributed by atoms with van der Waals surface area (Å²) < 4.78 is 12.1. The van der Waals surface area contributed by atoms with Crippen LogP contribution in [-0.4, -0.2) is 61.1 Å². The van der Waals surface area contributed by atoms with Crippen LogP contribution in [0.3, 0.4) is 0 Å². The molecular formula is C18H22N8OS. The minimum absolute atomic E-state index is 0.497. The average Bonchev–Trinajstić information content (AvgIpc) is 3.39. The van der Waals surface area contributed by atoms with E-state index in [1.807, 2.05) is 50.1 Å². The van der Waals surface area contributed by atoms with E-state index in [2.05, 4.69) is 34.8 Å². The normalized spacial score (nSPS) is 11.6. The fourth-order valence-electron chi connectivity index (χ4n) is 2.78. The quantitative estimate of drug-likeness (QED) is 0.441. The summed E-state index contributed by atoms with van der Waals surface area (Å²) in [7, 11) is 4.05. The maximum absolute atomic E-state index is 5.66. The van der Waals surface area contributed by atoms with Crippen molar-refractivity contribution >= 4 is 28.0 Å². The van der Waals surface area contributed by atoms with Crippen LogP contribution in [0.2, 0.25) is 0 Å². The molecule has 146 valence electrons. The molecule has 0 atom stereocenters. The lowest BCUT2D eigenvalue weighted by atomic mass is 10.3. The van der Waals surface area contributed by atoms with Crippen LogP contribution in [0, 0.1) is 6.92 Å². The summed E-state index contributed by atoms with van der Waals surface area (Å²) in [5.41, 5.74) is 4.46. The van der Waals surface area contributed by atoms with E-state index in [1.54, 1.807) is 6.20 Å². The maximum atomic E-state index is 5.66. The van der Waals surface area contributed by atoms with Crippen LogP contribution in [0.1, 0.15) is 11.4 Å². The van der Waals surface area contributed by atoms with Gasteiger partial charge in [-0.15, -0.1) is 0 Å². The van der Waals surface area contributed by atoms with Gasteiger partial charge in [0.05, 0.1) is 42.7 Å². The summed E-state index contributed by atoms with van der Waals surface area (Å²) in [5, 5.41) is 11.1. The lowest BCUT2D eigenvalue weighted by Crippen LogP contribution is -2.17. The number of anilines is 2. The Bertz CT molecular complexity index is 1050. The van der Waals surface area contributed by atoms with Crippen molar-refractivity contribution in [3.05, 3.63) is 42.2 Å². The first-order valence-electron chi connectivity index (χ1n) is 8.89. The Kier molecular flexibility index (Phi) is 5.33. The van der Waals surface area contributed by atoms with Crippen LogP contribution in [0.5, 0.6) is 0 Å². The number of nitrogens with one attached hydrogen (secondary N) is 2. The van der Waals surface area contributed by atoms with Crippen LogP contribution in [0.25, 0.3) is 16.9 Å². The number of rotatable bonds is 8. The van der Waals surface area contributed by atoms with E-state index in [4.69, 9.17) is 4.74 Å². The van der Waals surface area contributed by atoms with Gasteiger partial charge in [0.2, 0.25) is 0 Å². The molecule has 0 radical (unpaired) electrons. The fourth-order valence-corrected chi connectivity index (χ4v) is 3.43. The van der Waals surface area contributed by atoms with Gasteiger partial charge in [-0.05, 0) is 38.6 Å². The second kappa shape index (κ2) is 8.05. The van der Waals surface area contributed by atoms with E-state index in [0.29, 0.717) is 19.0 Å². The molecule has 4 aromatic rings.